The van der Waals surface area contributed by atoms with Crippen LogP contribution >= 0.6 is 12.2 Å². The zero-order chi connectivity index (χ0) is 16.9. The van der Waals surface area contributed by atoms with E-state index < -0.39 is 0 Å². The van der Waals surface area contributed by atoms with Crippen molar-refractivity contribution in [2.75, 3.05) is 38.6 Å². The first-order valence-electron chi connectivity index (χ1n) is 8.04. The second-order valence-corrected chi connectivity index (χ2v) is 6.33. The summed E-state index contributed by atoms with van der Waals surface area (Å²) in [5.74, 6) is 0.823. The number of hydrogen-bond donors (Lipinski definition) is 1. The number of thiocarbonyl (C=S) groups is 1. The Bertz CT molecular complexity index is 694. The minimum Gasteiger partial charge on any atom is -0.497 e. The van der Waals surface area contributed by atoms with E-state index >= 15 is 0 Å². The van der Waals surface area contributed by atoms with Crippen molar-refractivity contribution in [1.29, 1.82) is 0 Å². The summed E-state index contributed by atoms with van der Waals surface area (Å²) in [6, 6.07) is 7.82. The molecule has 1 aliphatic heterocycles. The molecule has 0 saturated carbocycles. The van der Waals surface area contributed by atoms with Crippen molar-refractivity contribution in [1.82, 2.24) is 19.6 Å². The highest BCUT2D eigenvalue weighted by molar-refractivity contribution is 7.80. The molecule has 1 fully saturated rings. The number of aryl methyl sites for hydroxylation is 1. The molecule has 0 amide bonds. The number of ether oxygens (including phenoxy) is 1. The maximum atomic E-state index is 5.55. The minimum absolute atomic E-state index is 0.768. The van der Waals surface area contributed by atoms with Crippen molar-refractivity contribution in [3.05, 3.63) is 42.2 Å². The Balaban J connectivity index is 1.49. The molecule has 1 aromatic carbocycles. The average molecular weight is 345 g/mol. The highest BCUT2D eigenvalue weighted by atomic mass is 32.1. The number of rotatable bonds is 4. The Kier molecular flexibility index (Phi) is 5.32. The first kappa shape index (κ1) is 16.7. The van der Waals surface area contributed by atoms with E-state index in [4.69, 9.17) is 17.0 Å². The number of nitrogens with one attached hydrogen (secondary N) is 1. The monoisotopic (exact) mass is 345 g/mol. The molecule has 0 atom stereocenters. The molecule has 1 N–H and O–H groups in total. The summed E-state index contributed by atoms with van der Waals surface area (Å²) in [6.45, 7) is 4.79. The van der Waals surface area contributed by atoms with Crippen LogP contribution in [0.2, 0.25) is 0 Å². The van der Waals surface area contributed by atoms with Crippen LogP contribution in [0, 0.1) is 0 Å². The molecule has 0 bridgehead atoms. The van der Waals surface area contributed by atoms with Gasteiger partial charge in [0.05, 0.1) is 13.3 Å². The molecule has 0 radical (unpaired) electrons. The molecule has 1 saturated heterocycles. The number of nitrogens with zero attached hydrogens (tertiary/aromatic N) is 4. The largest absolute Gasteiger partial charge is 0.497 e. The molecule has 1 aromatic heterocycles. The standard InChI is InChI=1S/C17H23N5OS/c1-20-12-14(11-18-20)13-21-6-8-22(9-7-21)17(24)19-15-4-3-5-16(10-15)23-2/h3-5,10-12H,6-9,13H2,1-2H3,(H,19,24). The zero-order valence-corrected chi connectivity index (χ0v) is 14.9. The van der Waals surface area contributed by atoms with Crippen LogP contribution in [-0.4, -0.2) is 58.0 Å². The fraction of sp³-hybridized carbons (Fsp3) is 0.412. The van der Waals surface area contributed by atoms with Gasteiger partial charge in [-0.3, -0.25) is 9.58 Å². The number of methoxy groups -OCH3 is 1. The van der Waals surface area contributed by atoms with Crippen molar-refractivity contribution >= 4 is 23.0 Å². The smallest absolute Gasteiger partial charge is 0.173 e. The lowest BCUT2D eigenvalue weighted by Crippen LogP contribution is -2.49. The molecule has 24 heavy (non-hydrogen) atoms. The molecule has 0 unspecified atom stereocenters. The van der Waals surface area contributed by atoms with Gasteiger partial charge in [-0.15, -0.1) is 0 Å². The summed E-state index contributed by atoms with van der Waals surface area (Å²) < 4.78 is 7.09. The van der Waals surface area contributed by atoms with Crippen LogP contribution < -0.4 is 10.1 Å². The van der Waals surface area contributed by atoms with Crippen LogP contribution in [0.1, 0.15) is 5.56 Å². The summed E-state index contributed by atoms with van der Waals surface area (Å²) in [5.41, 5.74) is 2.21. The Morgan fingerprint density at radius 3 is 2.75 bits per heavy atom. The van der Waals surface area contributed by atoms with E-state index in [0.717, 1.165) is 49.3 Å². The van der Waals surface area contributed by atoms with E-state index in [9.17, 15) is 0 Å². The molecular weight excluding hydrogens is 322 g/mol. The van der Waals surface area contributed by atoms with Gasteiger partial charge in [0.2, 0.25) is 0 Å². The van der Waals surface area contributed by atoms with E-state index in [1.807, 2.05) is 42.2 Å². The Morgan fingerprint density at radius 1 is 1.29 bits per heavy atom. The summed E-state index contributed by atoms with van der Waals surface area (Å²) in [5, 5.41) is 8.29. The molecule has 7 heteroatoms. The van der Waals surface area contributed by atoms with Gasteiger partial charge in [0.15, 0.2) is 5.11 Å². The van der Waals surface area contributed by atoms with Crippen LogP contribution in [0.25, 0.3) is 0 Å². The minimum atomic E-state index is 0.768. The van der Waals surface area contributed by atoms with Crippen molar-refractivity contribution in [2.24, 2.45) is 7.05 Å². The van der Waals surface area contributed by atoms with Gasteiger partial charge in [0.25, 0.3) is 0 Å². The van der Waals surface area contributed by atoms with Crippen LogP contribution in [0.3, 0.4) is 0 Å². The molecule has 2 aromatic rings. The van der Waals surface area contributed by atoms with E-state index in [2.05, 4.69) is 26.4 Å². The van der Waals surface area contributed by atoms with Gasteiger partial charge >= 0.3 is 0 Å². The van der Waals surface area contributed by atoms with Crippen LogP contribution in [0.4, 0.5) is 5.69 Å². The van der Waals surface area contributed by atoms with E-state index in [-0.39, 0.29) is 0 Å². The van der Waals surface area contributed by atoms with Gasteiger partial charge < -0.3 is 15.0 Å². The fourth-order valence-electron chi connectivity index (χ4n) is 2.82. The molecule has 0 spiro atoms. The molecule has 6 nitrogen and oxygen atoms in total. The van der Waals surface area contributed by atoms with Crippen LogP contribution in [0.15, 0.2) is 36.7 Å². The van der Waals surface area contributed by atoms with Crippen molar-refractivity contribution in [2.45, 2.75) is 6.54 Å². The Labute approximate surface area is 148 Å². The highest BCUT2D eigenvalue weighted by Crippen LogP contribution is 2.17. The molecule has 0 aliphatic carbocycles. The normalized spacial score (nSPS) is 15.3. The number of hydrogen-bond acceptors (Lipinski definition) is 4. The van der Waals surface area contributed by atoms with Gasteiger partial charge in [-0.2, -0.15) is 5.10 Å². The fourth-order valence-corrected chi connectivity index (χ4v) is 3.12. The van der Waals surface area contributed by atoms with E-state index in [0.29, 0.717) is 0 Å². The molecule has 128 valence electrons. The third kappa shape index (κ3) is 4.24. The highest BCUT2D eigenvalue weighted by Gasteiger charge is 2.19. The lowest BCUT2D eigenvalue weighted by atomic mass is 10.2. The molecular formula is C17H23N5OS. The van der Waals surface area contributed by atoms with Gasteiger partial charge in [-0.25, -0.2) is 0 Å². The van der Waals surface area contributed by atoms with Crippen LogP contribution in [0.5, 0.6) is 5.75 Å². The number of piperazine rings is 1. The van der Waals surface area contributed by atoms with Gasteiger partial charge in [0.1, 0.15) is 5.75 Å². The maximum absolute atomic E-state index is 5.55. The predicted molar refractivity (Wildman–Crippen MR) is 99.3 cm³/mol. The summed E-state index contributed by atoms with van der Waals surface area (Å²) in [4.78, 5) is 4.65. The SMILES string of the molecule is COc1cccc(NC(=S)N2CCN(Cc3cnn(C)c3)CC2)c1. The summed E-state index contributed by atoms with van der Waals surface area (Å²) in [7, 11) is 3.61. The van der Waals surface area contributed by atoms with Crippen LogP contribution in [-0.2, 0) is 13.6 Å². The zero-order valence-electron chi connectivity index (χ0n) is 14.1. The maximum Gasteiger partial charge on any atom is 0.173 e. The van der Waals surface area contributed by atoms with Crippen molar-refractivity contribution in [3.8, 4) is 5.75 Å². The third-order valence-electron chi connectivity index (χ3n) is 4.15. The Morgan fingerprint density at radius 2 is 2.08 bits per heavy atom. The quantitative estimate of drug-likeness (QED) is 0.855. The van der Waals surface area contributed by atoms with E-state index in [1.165, 1.54) is 5.56 Å². The van der Waals surface area contributed by atoms with E-state index in [1.54, 1.807) is 7.11 Å². The average Bonchev–Trinajstić information content (AvgIpc) is 3.00. The molecule has 3 rings (SSSR count). The number of benzene rings is 1. The van der Waals surface area contributed by atoms with Crippen molar-refractivity contribution in [3.63, 3.8) is 0 Å². The lowest BCUT2D eigenvalue weighted by molar-refractivity contribution is 0.177. The second-order valence-electron chi connectivity index (χ2n) is 5.95. The first-order valence-corrected chi connectivity index (χ1v) is 8.45. The topological polar surface area (TPSA) is 45.6 Å². The molecule has 2 heterocycles. The number of anilines is 1. The van der Waals surface area contributed by atoms with Gasteiger partial charge in [-0.05, 0) is 24.4 Å². The summed E-state index contributed by atoms with van der Waals surface area (Å²) >= 11 is 5.55. The van der Waals surface area contributed by atoms with Gasteiger partial charge in [0, 0.05) is 63.3 Å². The van der Waals surface area contributed by atoms with Crippen molar-refractivity contribution < 1.29 is 4.74 Å². The Hall–Kier alpha value is -2.12. The lowest BCUT2D eigenvalue weighted by Gasteiger charge is -2.36. The first-order chi connectivity index (χ1) is 11.6. The summed E-state index contributed by atoms with van der Waals surface area (Å²) in [6.07, 6.45) is 4.00. The predicted octanol–water partition coefficient (Wildman–Crippen LogP) is 1.94. The molecule has 1 aliphatic rings. The third-order valence-corrected chi connectivity index (χ3v) is 4.51. The number of aromatic nitrogens is 2. The van der Waals surface area contributed by atoms with Gasteiger partial charge in [-0.1, -0.05) is 6.07 Å². The second kappa shape index (κ2) is 7.63.